The maximum atomic E-state index is 12.2. The summed E-state index contributed by atoms with van der Waals surface area (Å²) in [5.74, 6) is 0.963. The van der Waals surface area contributed by atoms with Crippen molar-refractivity contribution < 1.29 is 33.3 Å². The third-order valence-corrected chi connectivity index (χ3v) is 5.34. The number of benzene rings is 2. The van der Waals surface area contributed by atoms with Gasteiger partial charge in [-0.2, -0.15) is 0 Å². The Kier molecular flexibility index (Phi) is 4.89. The van der Waals surface area contributed by atoms with Crippen LogP contribution in [0.25, 0.3) is 6.08 Å². The fourth-order valence-electron chi connectivity index (χ4n) is 3.85. The summed E-state index contributed by atoms with van der Waals surface area (Å²) < 4.78 is 27.5. The zero-order chi connectivity index (χ0) is 21.3. The number of carbonyl (C=O) groups is 2. The number of amides is 1. The number of carbonyl (C=O) groups excluding carboxylic acids is 2. The van der Waals surface area contributed by atoms with Gasteiger partial charge in [0.1, 0.15) is 0 Å². The van der Waals surface area contributed by atoms with Crippen molar-refractivity contribution in [2.75, 3.05) is 18.7 Å². The Bertz CT molecular complexity index is 1060. The van der Waals surface area contributed by atoms with Crippen LogP contribution in [0.15, 0.2) is 42.5 Å². The van der Waals surface area contributed by atoms with Crippen molar-refractivity contribution in [3.8, 4) is 23.0 Å². The van der Waals surface area contributed by atoms with Crippen LogP contribution in [0, 0.1) is 0 Å². The lowest BCUT2D eigenvalue weighted by molar-refractivity contribution is -0.142. The zero-order valence-electron chi connectivity index (χ0n) is 16.7. The van der Waals surface area contributed by atoms with E-state index in [0.29, 0.717) is 28.7 Å². The normalized spacial score (nSPS) is 17.3. The van der Waals surface area contributed by atoms with Gasteiger partial charge in [-0.1, -0.05) is 6.07 Å². The Balaban J connectivity index is 1.12. The number of anilines is 1. The Labute approximate surface area is 178 Å². The average Bonchev–Trinajstić information content (AvgIpc) is 3.49. The van der Waals surface area contributed by atoms with E-state index in [-0.39, 0.29) is 6.79 Å². The molecule has 0 radical (unpaired) electrons. The molecule has 2 aliphatic heterocycles. The fourth-order valence-corrected chi connectivity index (χ4v) is 3.85. The van der Waals surface area contributed by atoms with Gasteiger partial charge in [-0.15, -0.1) is 0 Å². The van der Waals surface area contributed by atoms with Crippen molar-refractivity contribution in [1.29, 1.82) is 0 Å². The smallest absolute Gasteiger partial charge is 0.331 e. The topological polar surface area (TPSA) is 92.3 Å². The van der Waals surface area contributed by atoms with Crippen molar-refractivity contribution in [2.24, 2.45) is 0 Å². The van der Waals surface area contributed by atoms with Crippen LogP contribution in [0.3, 0.4) is 0 Å². The van der Waals surface area contributed by atoms with Gasteiger partial charge < -0.3 is 29.0 Å². The van der Waals surface area contributed by atoms with Crippen molar-refractivity contribution in [1.82, 2.24) is 0 Å². The molecule has 31 heavy (non-hydrogen) atoms. The van der Waals surface area contributed by atoms with Gasteiger partial charge in [0.2, 0.25) is 6.79 Å². The van der Waals surface area contributed by atoms with Crippen LogP contribution < -0.4 is 24.3 Å². The number of ether oxygens (including phenoxy) is 5. The highest BCUT2D eigenvalue weighted by molar-refractivity contribution is 5.95. The lowest BCUT2D eigenvalue weighted by Crippen LogP contribution is -2.34. The molecule has 160 valence electrons. The minimum atomic E-state index is -0.623. The molecule has 1 fully saturated rings. The summed E-state index contributed by atoms with van der Waals surface area (Å²) in [4.78, 5) is 24.1. The number of hydrogen-bond donors (Lipinski definition) is 1. The number of hydrogen-bond acceptors (Lipinski definition) is 7. The van der Waals surface area contributed by atoms with Crippen molar-refractivity contribution in [2.45, 2.75) is 31.5 Å². The largest absolute Gasteiger partial charge is 0.454 e. The van der Waals surface area contributed by atoms with Gasteiger partial charge in [0.25, 0.3) is 11.7 Å². The lowest BCUT2D eigenvalue weighted by Gasteiger charge is -2.21. The summed E-state index contributed by atoms with van der Waals surface area (Å²) in [6.07, 6.45) is 6.71. The SMILES string of the molecule is O=C(COC(=O)/C=C/c1ccc2c(c1)OCO2)Nc1ccc2c(c1)OC1(CCCC1)O2. The van der Waals surface area contributed by atoms with Gasteiger partial charge >= 0.3 is 5.97 Å². The van der Waals surface area contributed by atoms with E-state index in [9.17, 15) is 9.59 Å². The molecular formula is C23H21NO7. The Hall–Kier alpha value is -3.68. The maximum absolute atomic E-state index is 12.2. The van der Waals surface area contributed by atoms with Crippen molar-refractivity contribution >= 4 is 23.6 Å². The molecule has 0 unspecified atom stereocenters. The standard InChI is InChI=1S/C23H21NO7/c25-21(13-27-22(26)8-4-15-3-6-17-19(11-15)29-14-28-17)24-16-5-7-18-20(12-16)31-23(30-18)9-1-2-10-23/h3-8,11-12H,1-2,9-10,13-14H2,(H,24,25)/b8-4+. The van der Waals surface area contributed by atoms with E-state index in [0.717, 1.165) is 31.2 Å². The monoisotopic (exact) mass is 423 g/mol. The molecule has 0 aromatic heterocycles. The van der Waals surface area contributed by atoms with Gasteiger partial charge in [0.15, 0.2) is 29.6 Å². The van der Waals surface area contributed by atoms with Crippen LogP contribution in [-0.4, -0.2) is 31.1 Å². The third-order valence-electron chi connectivity index (χ3n) is 5.34. The summed E-state index contributed by atoms with van der Waals surface area (Å²) in [6.45, 7) is -0.216. The highest BCUT2D eigenvalue weighted by Gasteiger charge is 2.44. The van der Waals surface area contributed by atoms with Crippen molar-refractivity contribution in [3.05, 3.63) is 48.0 Å². The van der Waals surface area contributed by atoms with Crippen molar-refractivity contribution in [3.63, 3.8) is 0 Å². The molecule has 8 heteroatoms. The highest BCUT2D eigenvalue weighted by atomic mass is 16.7. The molecule has 1 aliphatic carbocycles. The van der Waals surface area contributed by atoms with E-state index in [2.05, 4.69) is 5.32 Å². The second kappa shape index (κ2) is 7.86. The first-order valence-electron chi connectivity index (χ1n) is 10.2. The maximum Gasteiger partial charge on any atom is 0.331 e. The second-order valence-corrected chi connectivity index (χ2v) is 7.59. The van der Waals surface area contributed by atoms with Gasteiger partial charge in [0, 0.05) is 30.7 Å². The lowest BCUT2D eigenvalue weighted by atomic mass is 10.2. The third kappa shape index (κ3) is 4.14. The van der Waals surface area contributed by atoms with Gasteiger partial charge in [-0.25, -0.2) is 4.79 Å². The van der Waals surface area contributed by atoms with E-state index in [1.54, 1.807) is 42.5 Å². The quantitative estimate of drug-likeness (QED) is 0.580. The summed E-state index contributed by atoms with van der Waals surface area (Å²) in [7, 11) is 0. The van der Waals surface area contributed by atoms with E-state index in [4.69, 9.17) is 23.7 Å². The number of fused-ring (bicyclic) bond motifs is 2. The molecule has 8 nitrogen and oxygen atoms in total. The molecule has 5 rings (SSSR count). The molecule has 1 spiro atoms. The molecule has 2 aromatic rings. The van der Waals surface area contributed by atoms with Crippen LogP contribution >= 0.6 is 0 Å². The van der Waals surface area contributed by atoms with Crippen LogP contribution in [0.2, 0.25) is 0 Å². The van der Waals surface area contributed by atoms with Gasteiger partial charge in [0.05, 0.1) is 0 Å². The predicted molar refractivity (Wildman–Crippen MR) is 110 cm³/mol. The molecule has 1 saturated carbocycles. The molecule has 1 amide bonds. The van der Waals surface area contributed by atoms with Crippen LogP contribution in [0.5, 0.6) is 23.0 Å². The van der Waals surface area contributed by atoms with E-state index in [1.807, 2.05) is 0 Å². The van der Waals surface area contributed by atoms with Crippen LogP contribution in [0.4, 0.5) is 5.69 Å². The molecule has 0 bridgehead atoms. The summed E-state index contributed by atoms with van der Waals surface area (Å²) >= 11 is 0. The van der Waals surface area contributed by atoms with Crippen LogP contribution in [0.1, 0.15) is 31.2 Å². The number of nitrogens with one attached hydrogen (secondary N) is 1. The van der Waals surface area contributed by atoms with Gasteiger partial charge in [-0.05, 0) is 48.7 Å². The molecule has 0 saturated heterocycles. The average molecular weight is 423 g/mol. The molecule has 1 N–H and O–H groups in total. The molecule has 2 aromatic carbocycles. The van der Waals surface area contributed by atoms with E-state index >= 15 is 0 Å². The summed E-state index contributed by atoms with van der Waals surface area (Å²) in [5.41, 5.74) is 1.31. The molecule has 2 heterocycles. The van der Waals surface area contributed by atoms with E-state index < -0.39 is 24.3 Å². The fraction of sp³-hybridized carbons (Fsp3) is 0.304. The summed E-state index contributed by atoms with van der Waals surface area (Å²) in [5, 5.41) is 2.70. The van der Waals surface area contributed by atoms with Crippen LogP contribution in [-0.2, 0) is 14.3 Å². The first-order valence-corrected chi connectivity index (χ1v) is 10.2. The highest BCUT2D eigenvalue weighted by Crippen LogP contribution is 2.47. The minimum absolute atomic E-state index is 0.184. The van der Waals surface area contributed by atoms with E-state index in [1.165, 1.54) is 6.08 Å². The first-order chi connectivity index (χ1) is 15.1. The number of esters is 1. The first kappa shape index (κ1) is 19.3. The minimum Gasteiger partial charge on any atom is -0.454 e. The Morgan fingerprint density at radius 2 is 1.74 bits per heavy atom. The summed E-state index contributed by atoms with van der Waals surface area (Å²) in [6, 6.07) is 10.5. The Morgan fingerprint density at radius 3 is 2.61 bits per heavy atom. The zero-order valence-corrected chi connectivity index (χ0v) is 16.7. The molecular weight excluding hydrogens is 402 g/mol. The number of rotatable bonds is 5. The molecule has 0 atom stereocenters. The predicted octanol–water partition coefficient (Wildman–Crippen LogP) is 3.65. The second-order valence-electron chi connectivity index (χ2n) is 7.59. The molecule has 3 aliphatic rings. The van der Waals surface area contributed by atoms with Gasteiger partial charge in [-0.3, -0.25) is 4.79 Å². The Morgan fingerprint density at radius 1 is 0.968 bits per heavy atom.